The molecule has 4 nitrogen and oxygen atoms in total. The van der Waals surface area contributed by atoms with E-state index in [0.717, 1.165) is 25.7 Å². The van der Waals surface area contributed by atoms with Crippen molar-refractivity contribution < 1.29 is 17.8 Å². The summed E-state index contributed by atoms with van der Waals surface area (Å²) in [5, 5.41) is 9.52. The number of aliphatic hydroxyl groups excluding tert-OH is 1. The molecule has 120 valence electrons. The molecule has 0 spiro atoms. The maximum absolute atomic E-state index is 12.8. The summed E-state index contributed by atoms with van der Waals surface area (Å²) in [4.78, 5) is 25.6. The molecule has 0 saturated heterocycles. The van der Waals surface area contributed by atoms with Crippen molar-refractivity contribution in [3.63, 3.8) is 0 Å². The number of carbonyl (C=O) groups is 2. The van der Waals surface area contributed by atoms with E-state index in [1.54, 1.807) is 6.92 Å². The third-order valence-electron chi connectivity index (χ3n) is 5.02. The first-order chi connectivity index (χ1) is 9.91. The molecule has 0 radical (unpaired) electrons. The third-order valence-corrected chi connectivity index (χ3v) is 8.48. The number of hydrogen-bond donors (Lipinski definition) is 1. The SMILES string of the molecule is CCCCC1(CCCC)C(=O)CC(C)(CO)C(=O)[CH]1[SnH]=[O]. The molecule has 2 unspecified atom stereocenters. The number of rotatable bonds is 8. The van der Waals surface area contributed by atoms with E-state index < -0.39 is 35.9 Å². The van der Waals surface area contributed by atoms with Crippen LogP contribution >= 0.6 is 0 Å². The summed E-state index contributed by atoms with van der Waals surface area (Å²) in [6.45, 7) is 5.44. The zero-order valence-corrected chi connectivity index (χ0v) is 16.8. The van der Waals surface area contributed by atoms with Crippen LogP contribution in [0, 0.1) is 10.8 Å². The van der Waals surface area contributed by atoms with Crippen molar-refractivity contribution in [3.05, 3.63) is 0 Å². The summed E-state index contributed by atoms with van der Waals surface area (Å²) < 4.78 is 11.3. The van der Waals surface area contributed by atoms with Gasteiger partial charge in [-0.1, -0.05) is 0 Å². The molecule has 1 saturated carbocycles. The molecule has 1 N–H and O–H groups in total. The fraction of sp³-hybridized carbons (Fsp3) is 0.875. The van der Waals surface area contributed by atoms with E-state index in [0.29, 0.717) is 12.8 Å². The summed E-state index contributed by atoms with van der Waals surface area (Å²) in [5.74, 6) is -0.0549. The van der Waals surface area contributed by atoms with Gasteiger partial charge in [-0.05, 0) is 0 Å². The van der Waals surface area contributed by atoms with Crippen molar-refractivity contribution in [2.24, 2.45) is 10.8 Å². The number of aliphatic hydroxyl groups is 1. The molecule has 2 atom stereocenters. The number of carbonyl (C=O) groups excluding carboxylic acids is 2. The van der Waals surface area contributed by atoms with E-state index in [9.17, 15) is 17.8 Å². The summed E-state index contributed by atoms with van der Waals surface area (Å²) in [7, 11) is 0. The second-order valence-corrected chi connectivity index (χ2v) is 9.34. The first-order valence-corrected chi connectivity index (χ1v) is 11.3. The Balaban J connectivity index is 3.22. The van der Waals surface area contributed by atoms with E-state index in [1.165, 1.54) is 0 Å². The van der Waals surface area contributed by atoms with E-state index >= 15 is 0 Å². The van der Waals surface area contributed by atoms with Crippen molar-refractivity contribution in [2.45, 2.75) is 69.7 Å². The molecule has 0 aliphatic heterocycles. The summed E-state index contributed by atoms with van der Waals surface area (Å²) >= 11 is -2.37. The molecule has 5 heteroatoms. The molecule has 1 fully saturated rings. The monoisotopic (exact) mass is 404 g/mol. The topological polar surface area (TPSA) is 71.4 Å². The molecule has 0 amide bonds. The van der Waals surface area contributed by atoms with Gasteiger partial charge in [0.1, 0.15) is 0 Å². The fourth-order valence-electron chi connectivity index (χ4n) is 3.44. The number of unbranched alkanes of at least 4 members (excludes halogenated alkanes) is 2. The Bertz CT molecular complexity index is 399. The molecule has 0 aromatic heterocycles. The van der Waals surface area contributed by atoms with Crippen molar-refractivity contribution >= 4 is 32.7 Å². The Morgan fingerprint density at radius 2 is 1.71 bits per heavy atom. The van der Waals surface area contributed by atoms with Gasteiger partial charge in [-0.15, -0.1) is 0 Å². The predicted molar refractivity (Wildman–Crippen MR) is 82.9 cm³/mol. The van der Waals surface area contributed by atoms with E-state index in [4.69, 9.17) is 0 Å². The molecular weight excluding hydrogens is 375 g/mol. The Labute approximate surface area is 137 Å². The van der Waals surface area contributed by atoms with Crippen LogP contribution in [0.3, 0.4) is 0 Å². The minimum absolute atomic E-state index is 0.0627. The predicted octanol–water partition coefficient (Wildman–Crippen LogP) is 2.46. The van der Waals surface area contributed by atoms with Gasteiger partial charge in [-0.3, -0.25) is 0 Å². The third kappa shape index (κ3) is 3.63. The van der Waals surface area contributed by atoms with Crippen molar-refractivity contribution in [1.29, 1.82) is 0 Å². The molecule has 21 heavy (non-hydrogen) atoms. The van der Waals surface area contributed by atoms with Gasteiger partial charge in [0.15, 0.2) is 0 Å². The Morgan fingerprint density at radius 1 is 1.19 bits per heavy atom. The normalized spacial score (nSPS) is 28.7. The van der Waals surface area contributed by atoms with Crippen LogP contribution in [0.15, 0.2) is 0 Å². The van der Waals surface area contributed by atoms with Gasteiger partial charge < -0.3 is 0 Å². The average molecular weight is 403 g/mol. The molecule has 0 aromatic rings. The molecule has 0 heterocycles. The fourth-order valence-corrected chi connectivity index (χ4v) is 7.17. The summed E-state index contributed by atoms with van der Waals surface area (Å²) in [5.41, 5.74) is -1.71. The van der Waals surface area contributed by atoms with Crippen molar-refractivity contribution in [3.8, 4) is 0 Å². The van der Waals surface area contributed by atoms with Crippen LogP contribution in [0.1, 0.15) is 65.7 Å². The first kappa shape index (κ1) is 18.9. The second kappa shape index (κ2) is 7.95. The zero-order valence-electron chi connectivity index (χ0n) is 13.5. The first-order valence-electron chi connectivity index (χ1n) is 8.05. The summed E-state index contributed by atoms with van der Waals surface area (Å²) in [6, 6.07) is 0. The van der Waals surface area contributed by atoms with E-state index in [2.05, 4.69) is 13.8 Å². The van der Waals surface area contributed by atoms with E-state index in [-0.39, 0.29) is 24.6 Å². The van der Waals surface area contributed by atoms with Crippen molar-refractivity contribution in [1.82, 2.24) is 0 Å². The molecule has 1 aliphatic carbocycles. The minimum atomic E-state index is -2.37. The molecule has 0 aromatic carbocycles. The van der Waals surface area contributed by atoms with Gasteiger partial charge in [-0.2, -0.15) is 0 Å². The van der Waals surface area contributed by atoms with Gasteiger partial charge in [0, 0.05) is 0 Å². The van der Waals surface area contributed by atoms with E-state index in [1.807, 2.05) is 0 Å². The molecule has 1 rings (SSSR count). The Hall–Kier alpha value is -0.101. The van der Waals surface area contributed by atoms with Gasteiger partial charge in [0.2, 0.25) is 0 Å². The quantitative estimate of drug-likeness (QED) is 0.633. The molecule has 0 bridgehead atoms. The molecular formula is C16H28O4Sn. The number of hydrogen-bond acceptors (Lipinski definition) is 4. The van der Waals surface area contributed by atoms with Crippen LogP contribution < -0.4 is 0 Å². The van der Waals surface area contributed by atoms with Gasteiger partial charge in [0.05, 0.1) is 0 Å². The molecule has 1 aliphatic rings. The van der Waals surface area contributed by atoms with Gasteiger partial charge in [0.25, 0.3) is 0 Å². The zero-order chi connectivity index (χ0) is 16.1. The van der Waals surface area contributed by atoms with Crippen LogP contribution in [0.5, 0.6) is 0 Å². The average Bonchev–Trinajstić information content (AvgIpc) is 2.48. The number of ketones is 2. The second-order valence-electron chi connectivity index (χ2n) is 6.66. The van der Waals surface area contributed by atoms with Crippen molar-refractivity contribution in [2.75, 3.05) is 6.61 Å². The maximum atomic E-state index is 12.8. The van der Waals surface area contributed by atoms with Crippen LogP contribution in [0.4, 0.5) is 0 Å². The van der Waals surface area contributed by atoms with Crippen LogP contribution in [-0.4, -0.2) is 44.4 Å². The van der Waals surface area contributed by atoms with Crippen LogP contribution in [-0.2, 0) is 12.7 Å². The standard InChI is InChI=1S/C16H27O3.O.Sn.H/c1-4-6-8-16(9-7-5-2)11-13(18)15(3,12-17)10-14(16)19;;;/h11,17H,4-10,12H2,1-3H3;;;. The van der Waals surface area contributed by atoms with Crippen LogP contribution in [0.25, 0.3) is 0 Å². The van der Waals surface area contributed by atoms with Gasteiger partial charge in [-0.25, -0.2) is 0 Å². The number of Topliss-reactive ketones (excluding diaryl/α,β-unsaturated/α-hetero) is 2. The summed E-state index contributed by atoms with van der Waals surface area (Å²) in [6.07, 6.45) is 5.16. The van der Waals surface area contributed by atoms with Crippen LogP contribution in [0.2, 0.25) is 3.93 Å². The van der Waals surface area contributed by atoms with Gasteiger partial charge >= 0.3 is 138 Å². The Morgan fingerprint density at radius 3 is 2.10 bits per heavy atom. The Kier molecular flexibility index (Phi) is 7.17.